The molecule has 0 radical (unpaired) electrons. The zero-order valence-corrected chi connectivity index (χ0v) is 13.8. The molecular weight excluding hydrogens is 425 g/mol. The first kappa shape index (κ1) is 14.8. The molecule has 1 N–H and O–H groups in total. The minimum atomic E-state index is -0.918. The minimum Gasteiger partial charge on any atom is -0.480 e. The molecule has 1 unspecified atom stereocenters. The first-order chi connectivity index (χ1) is 9.00. The fraction of sp³-hybridized carbons (Fsp3) is 0.385. The Bertz CT molecular complexity index is 521. The van der Waals surface area contributed by atoms with Crippen molar-refractivity contribution in [2.24, 2.45) is 0 Å². The maximum atomic E-state index is 12.5. The summed E-state index contributed by atoms with van der Waals surface area (Å²) in [5.41, 5.74) is 0.558. The van der Waals surface area contributed by atoms with Crippen LogP contribution >= 0.6 is 38.5 Å². The van der Waals surface area contributed by atoms with Crippen molar-refractivity contribution in [3.63, 3.8) is 0 Å². The minimum absolute atomic E-state index is 0.196. The van der Waals surface area contributed by atoms with Gasteiger partial charge in [-0.2, -0.15) is 0 Å². The molecule has 19 heavy (non-hydrogen) atoms. The van der Waals surface area contributed by atoms with Gasteiger partial charge < -0.3 is 10.0 Å². The lowest BCUT2D eigenvalue weighted by atomic mass is 10.0. The third kappa shape index (κ3) is 3.28. The molecule has 1 heterocycles. The summed E-state index contributed by atoms with van der Waals surface area (Å²) in [7, 11) is 0. The van der Waals surface area contributed by atoms with E-state index in [-0.39, 0.29) is 5.91 Å². The molecule has 0 spiro atoms. The van der Waals surface area contributed by atoms with Gasteiger partial charge in [-0.15, -0.1) is 0 Å². The predicted molar refractivity (Wildman–Crippen MR) is 83.2 cm³/mol. The van der Waals surface area contributed by atoms with Crippen molar-refractivity contribution in [2.45, 2.75) is 25.3 Å². The summed E-state index contributed by atoms with van der Waals surface area (Å²) in [6, 6.07) is 4.76. The van der Waals surface area contributed by atoms with E-state index in [0.717, 1.165) is 20.9 Å². The number of carboxylic acids is 1. The zero-order valence-electron chi connectivity index (χ0n) is 10.1. The lowest BCUT2D eigenvalue weighted by Gasteiger charge is -2.33. The second-order valence-corrected chi connectivity index (χ2v) is 6.55. The van der Waals surface area contributed by atoms with Crippen LogP contribution in [0.5, 0.6) is 0 Å². The monoisotopic (exact) mass is 437 g/mol. The van der Waals surface area contributed by atoms with Gasteiger partial charge >= 0.3 is 5.97 Å². The van der Waals surface area contributed by atoms with Crippen LogP contribution < -0.4 is 0 Å². The van der Waals surface area contributed by atoms with Crippen molar-refractivity contribution in [3.05, 3.63) is 31.8 Å². The number of amides is 1. The van der Waals surface area contributed by atoms with Gasteiger partial charge in [-0.1, -0.05) is 15.9 Å². The molecule has 2 rings (SSSR count). The normalized spacial score (nSPS) is 19.3. The highest BCUT2D eigenvalue weighted by Crippen LogP contribution is 2.24. The number of carboxylic acid groups (broad SMARTS) is 1. The number of rotatable bonds is 2. The van der Waals surface area contributed by atoms with E-state index in [1.54, 1.807) is 6.07 Å². The molecule has 0 bridgehead atoms. The molecule has 1 aromatic carbocycles. The Morgan fingerprint density at radius 1 is 1.37 bits per heavy atom. The SMILES string of the molecule is O=C(O)C1CCCCN1C(=O)c1cc(Br)ccc1I. The van der Waals surface area contributed by atoms with Crippen molar-refractivity contribution < 1.29 is 14.7 Å². The molecular formula is C13H13BrINO3. The summed E-state index contributed by atoms with van der Waals surface area (Å²) >= 11 is 5.44. The van der Waals surface area contributed by atoms with E-state index < -0.39 is 12.0 Å². The quantitative estimate of drug-likeness (QED) is 0.723. The fourth-order valence-electron chi connectivity index (χ4n) is 2.25. The number of hydrogen-bond donors (Lipinski definition) is 1. The van der Waals surface area contributed by atoms with Gasteiger partial charge in [0.05, 0.1) is 5.56 Å². The maximum Gasteiger partial charge on any atom is 0.326 e. The number of hydrogen-bond acceptors (Lipinski definition) is 2. The maximum absolute atomic E-state index is 12.5. The van der Waals surface area contributed by atoms with Crippen LogP contribution in [0.25, 0.3) is 0 Å². The Labute approximate surface area is 133 Å². The van der Waals surface area contributed by atoms with Crippen LogP contribution in [0.2, 0.25) is 0 Å². The van der Waals surface area contributed by atoms with Gasteiger partial charge in [-0.05, 0) is 60.1 Å². The van der Waals surface area contributed by atoms with Crippen molar-refractivity contribution in [1.29, 1.82) is 0 Å². The van der Waals surface area contributed by atoms with E-state index in [2.05, 4.69) is 38.5 Å². The van der Waals surface area contributed by atoms with Crippen LogP contribution in [0, 0.1) is 3.57 Å². The van der Waals surface area contributed by atoms with Crippen molar-refractivity contribution in [1.82, 2.24) is 4.90 Å². The van der Waals surface area contributed by atoms with Crippen LogP contribution in [-0.4, -0.2) is 34.5 Å². The Morgan fingerprint density at radius 2 is 2.11 bits per heavy atom. The molecule has 0 aliphatic carbocycles. The van der Waals surface area contributed by atoms with Crippen LogP contribution in [0.4, 0.5) is 0 Å². The van der Waals surface area contributed by atoms with Gasteiger partial charge in [0.25, 0.3) is 5.91 Å². The molecule has 0 aromatic heterocycles. The highest BCUT2D eigenvalue weighted by Gasteiger charge is 2.33. The topological polar surface area (TPSA) is 57.6 Å². The standard InChI is InChI=1S/C13H13BrINO3/c14-8-4-5-10(15)9(7-8)12(17)16-6-2-1-3-11(16)13(18)19/h4-5,7,11H,1-3,6H2,(H,18,19). The summed E-state index contributed by atoms with van der Waals surface area (Å²) in [5.74, 6) is -1.11. The molecule has 4 nitrogen and oxygen atoms in total. The van der Waals surface area contributed by atoms with Gasteiger partial charge in [0.1, 0.15) is 6.04 Å². The first-order valence-corrected chi connectivity index (χ1v) is 7.86. The van der Waals surface area contributed by atoms with E-state index >= 15 is 0 Å². The highest BCUT2D eigenvalue weighted by molar-refractivity contribution is 14.1. The summed E-state index contributed by atoms with van der Waals surface area (Å²) in [5, 5.41) is 9.22. The summed E-state index contributed by atoms with van der Waals surface area (Å²) in [6.07, 6.45) is 2.25. The number of piperidine rings is 1. The van der Waals surface area contributed by atoms with E-state index in [9.17, 15) is 14.7 Å². The summed E-state index contributed by atoms with van der Waals surface area (Å²) < 4.78 is 1.65. The lowest BCUT2D eigenvalue weighted by Crippen LogP contribution is -2.48. The van der Waals surface area contributed by atoms with Crippen LogP contribution in [0.15, 0.2) is 22.7 Å². The molecule has 1 fully saturated rings. The van der Waals surface area contributed by atoms with E-state index in [0.29, 0.717) is 18.5 Å². The number of likely N-dealkylation sites (tertiary alicyclic amines) is 1. The molecule has 1 aliphatic heterocycles. The average Bonchev–Trinajstić information content (AvgIpc) is 2.40. The van der Waals surface area contributed by atoms with Crippen molar-refractivity contribution in [2.75, 3.05) is 6.54 Å². The fourth-order valence-corrected chi connectivity index (χ4v) is 3.17. The van der Waals surface area contributed by atoms with Gasteiger partial charge in [0, 0.05) is 14.6 Å². The first-order valence-electron chi connectivity index (χ1n) is 5.99. The Hall–Kier alpha value is -0.630. The molecule has 0 saturated carbocycles. The van der Waals surface area contributed by atoms with Crippen LogP contribution in [0.3, 0.4) is 0 Å². The summed E-state index contributed by atoms with van der Waals surface area (Å²) in [4.78, 5) is 25.3. The second-order valence-electron chi connectivity index (χ2n) is 4.47. The number of carbonyl (C=O) groups is 2. The third-order valence-corrected chi connectivity index (χ3v) is 4.64. The van der Waals surface area contributed by atoms with Gasteiger partial charge in [0.15, 0.2) is 0 Å². The zero-order chi connectivity index (χ0) is 14.0. The van der Waals surface area contributed by atoms with Crippen LogP contribution in [-0.2, 0) is 4.79 Å². The van der Waals surface area contributed by atoms with Crippen LogP contribution in [0.1, 0.15) is 29.6 Å². The average molecular weight is 438 g/mol. The van der Waals surface area contributed by atoms with Crippen molar-refractivity contribution in [3.8, 4) is 0 Å². The molecule has 102 valence electrons. The number of carbonyl (C=O) groups excluding carboxylic acids is 1. The molecule has 1 aromatic rings. The second kappa shape index (κ2) is 6.21. The number of halogens is 2. The Morgan fingerprint density at radius 3 is 2.79 bits per heavy atom. The van der Waals surface area contributed by atoms with Gasteiger partial charge in [-0.3, -0.25) is 4.79 Å². The largest absolute Gasteiger partial charge is 0.480 e. The Kier molecular flexibility index (Phi) is 4.83. The van der Waals surface area contributed by atoms with E-state index in [1.165, 1.54) is 4.90 Å². The number of nitrogens with zero attached hydrogens (tertiary/aromatic N) is 1. The number of benzene rings is 1. The van der Waals surface area contributed by atoms with Crippen molar-refractivity contribution >= 4 is 50.4 Å². The van der Waals surface area contributed by atoms with Gasteiger partial charge in [0.2, 0.25) is 0 Å². The number of aliphatic carboxylic acids is 1. The summed E-state index contributed by atoms with van der Waals surface area (Å²) in [6.45, 7) is 0.512. The molecule has 6 heteroatoms. The molecule has 1 atom stereocenters. The highest BCUT2D eigenvalue weighted by atomic mass is 127. The molecule has 1 amide bonds. The third-order valence-electron chi connectivity index (χ3n) is 3.21. The van der Waals surface area contributed by atoms with E-state index in [1.807, 2.05) is 12.1 Å². The predicted octanol–water partition coefficient (Wildman–Crippen LogP) is 3.13. The van der Waals surface area contributed by atoms with Gasteiger partial charge in [-0.25, -0.2) is 4.79 Å². The molecule has 1 aliphatic rings. The van der Waals surface area contributed by atoms with E-state index in [4.69, 9.17) is 0 Å². The molecule has 1 saturated heterocycles. The lowest BCUT2D eigenvalue weighted by molar-refractivity contribution is -0.143. The Balaban J connectivity index is 2.31. The smallest absolute Gasteiger partial charge is 0.326 e.